The summed E-state index contributed by atoms with van der Waals surface area (Å²) in [6, 6.07) is 0. The summed E-state index contributed by atoms with van der Waals surface area (Å²) < 4.78 is 7.21. The van der Waals surface area contributed by atoms with Crippen LogP contribution in [0.15, 0.2) is 0 Å². The summed E-state index contributed by atoms with van der Waals surface area (Å²) in [5.41, 5.74) is 0. The van der Waals surface area contributed by atoms with Crippen LogP contribution in [0.5, 0.6) is 0 Å². The maximum Gasteiger partial charge on any atom is 0.0891 e. The quantitative estimate of drug-likeness (QED) is 0.518. The molecule has 0 aromatic carbocycles. The van der Waals surface area contributed by atoms with Gasteiger partial charge < -0.3 is 14.9 Å². The van der Waals surface area contributed by atoms with Gasteiger partial charge in [-0.1, -0.05) is 45.2 Å². The summed E-state index contributed by atoms with van der Waals surface area (Å²) in [5.74, 6) is 0.222. The summed E-state index contributed by atoms with van der Waals surface area (Å²) >= 11 is 4.36. The molecule has 0 aliphatic carbocycles. The van der Waals surface area contributed by atoms with Crippen molar-refractivity contribution in [2.75, 3.05) is 8.86 Å². The Morgan fingerprint density at radius 3 is 2.27 bits per heavy atom. The zero-order valence-corrected chi connectivity index (χ0v) is 13.1. The number of alkyl halides is 2. The first-order valence-corrected chi connectivity index (χ1v) is 8.28. The van der Waals surface area contributed by atoms with Gasteiger partial charge in [0, 0.05) is 14.8 Å². The third-order valence-corrected chi connectivity index (χ3v) is 4.82. The van der Waals surface area contributed by atoms with E-state index in [1.807, 2.05) is 6.92 Å². The normalized spacial score (nSPS) is 36.2. The van der Waals surface area contributed by atoms with E-state index < -0.39 is 0 Å². The highest BCUT2D eigenvalue weighted by molar-refractivity contribution is 14.1. The lowest BCUT2D eigenvalue weighted by molar-refractivity contribution is -0.133. The maximum atomic E-state index is 9.78. The smallest absolute Gasteiger partial charge is 0.0891 e. The fraction of sp³-hybridized carbons (Fsp3) is 1.00. The molecular weight excluding hydrogens is 422 g/mol. The SMILES string of the molecule is CC1OC(C(O)CI)CCC1C(O)CI. The zero-order chi connectivity index (χ0) is 11.4. The van der Waals surface area contributed by atoms with Crippen LogP contribution < -0.4 is 0 Å². The second kappa shape index (κ2) is 6.93. The fourth-order valence-corrected chi connectivity index (χ4v) is 3.26. The Kier molecular flexibility index (Phi) is 6.65. The fourth-order valence-electron chi connectivity index (χ4n) is 2.04. The summed E-state index contributed by atoms with van der Waals surface area (Å²) in [6.45, 7) is 1.99. The van der Waals surface area contributed by atoms with Crippen LogP contribution in [0.1, 0.15) is 19.8 Å². The van der Waals surface area contributed by atoms with Crippen LogP contribution in [0.4, 0.5) is 0 Å². The molecule has 0 aromatic heterocycles. The van der Waals surface area contributed by atoms with Crippen LogP contribution in [-0.2, 0) is 4.74 Å². The second-order valence-corrected chi connectivity index (χ2v) is 5.83. The lowest BCUT2D eigenvalue weighted by Gasteiger charge is -2.38. The second-order valence-electron chi connectivity index (χ2n) is 4.06. The third kappa shape index (κ3) is 3.93. The summed E-state index contributed by atoms with van der Waals surface area (Å²) in [7, 11) is 0. The highest BCUT2D eigenvalue weighted by atomic mass is 127. The molecule has 5 heteroatoms. The summed E-state index contributed by atoms with van der Waals surface area (Å²) in [5, 5.41) is 19.5. The van der Waals surface area contributed by atoms with Gasteiger partial charge in [-0.15, -0.1) is 0 Å². The van der Waals surface area contributed by atoms with Gasteiger partial charge in [0.1, 0.15) is 0 Å². The van der Waals surface area contributed by atoms with E-state index in [1.165, 1.54) is 0 Å². The van der Waals surface area contributed by atoms with Crippen LogP contribution >= 0.6 is 45.2 Å². The van der Waals surface area contributed by atoms with Gasteiger partial charge in [-0.05, 0) is 19.8 Å². The lowest BCUT2D eigenvalue weighted by Crippen LogP contribution is -2.44. The Labute approximate surface area is 118 Å². The number of hydrogen-bond donors (Lipinski definition) is 2. The van der Waals surface area contributed by atoms with Gasteiger partial charge in [0.15, 0.2) is 0 Å². The molecule has 1 saturated heterocycles. The highest BCUT2D eigenvalue weighted by Gasteiger charge is 2.34. The summed E-state index contributed by atoms with van der Waals surface area (Å²) in [6.07, 6.45) is 1.15. The van der Waals surface area contributed by atoms with Gasteiger partial charge in [0.2, 0.25) is 0 Å². The topological polar surface area (TPSA) is 49.7 Å². The van der Waals surface area contributed by atoms with E-state index in [0.29, 0.717) is 4.43 Å². The van der Waals surface area contributed by atoms with Crippen molar-refractivity contribution < 1.29 is 14.9 Å². The van der Waals surface area contributed by atoms with E-state index in [-0.39, 0.29) is 30.3 Å². The number of rotatable bonds is 4. The highest BCUT2D eigenvalue weighted by Crippen LogP contribution is 2.30. The number of hydrogen-bond acceptors (Lipinski definition) is 3. The van der Waals surface area contributed by atoms with E-state index in [9.17, 15) is 10.2 Å². The van der Waals surface area contributed by atoms with Crippen molar-refractivity contribution in [1.82, 2.24) is 0 Å². The molecule has 1 heterocycles. The van der Waals surface area contributed by atoms with Crippen molar-refractivity contribution in [1.29, 1.82) is 0 Å². The Hall–Kier alpha value is 1.34. The first-order chi connectivity index (χ1) is 7.10. The molecule has 15 heavy (non-hydrogen) atoms. The van der Waals surface area contributed by atoms with E-state index >= 15 is 0 Å². The molecule has 3 nitrogen and oxygen atoms in total. The largest absolute Gasteiger partial charge is 0.392 e. The third-order valence-electron chi connectivity index (χ3n) is 3.02. The molecule has 1 rings (SSSR count). The average Bonchev–Trinajstić information content (AvgIpc) is 2.26. The molecule has 1 fully saturated rings. The van der Waals surface area contributed by atoms with E-state index in [2.05, 4.69) is 45.2 Å². The molecule has 1 aliphatic rings. The minimum absolute atomic E-state index is 0.0467. The predicted molar refractivity (Wildman–Crippen MR) is 76.8 cm³/mol. The van der Waals surface area contributed by atoms with Crippen molar-refractivity contribution in [3.63, 3.8) is 0 Å². The average molecular weight is 440 g/mol. The van der Waals surface area contributed by atoms with Crippen LogP contribution in [0.3, 0.4) is 0 Å². The molecule has 0 bridgehead atoms. The van der Waals surface area contributed by atoms with Crippen LogP contribution in [0.2, 0.25) is 0 Å². The Balaban J connectivity index is 2.47. The minimum Gasteiger partial charge on any atom is -0.392 e. The number of halogens is 2. The zero-order valence-electron chi connectivity index (χ0n) is 8.77. The first-order valence-electron chi connectivity index (χ1n) is 5.23. The molecule has 2 N–H and O–H groups in total. The Morgan fingerprint density at radius 2 is 1.80 bits per heavy atom. The van der Waals surface area contributed by atoms with Gasteiger partial charge in [-0.3, -0.25) is 0 Å². The predicted octanol–water partition coefficient (Wildman–Crippen LogP) is 1.76. The standard InChI is InChI=1S/C10H18I2O3/c1-6-7(8(13)4-11)2-3-10(15-6)9(14)5-12/h6-10,13-14H,2-5H2,1H3. The molecule has 0 spiro atoms. The Morgan fingerprint density at radius 1 is 1.20 bits per heavy atom. The molecular formula is C10H18I2O3. The van der Waals surface area contributed by atoms with Gasteiger partial charge >= 0.3 is 0 Å². The van der Waals surface area contributed by atoms with Gasteiger partial charge in [0.25, 0.3) is 0 Å². The van der Waals surface area contributed by atoms with Gasteiger partial charge in [-0.2, -0.15) is 0 Å². The lowest BCUT2D eigenvalue weighted by atomic mass is 9.87. The molecule has 5 unspecified atom stereocenters. The molecule has 1 aliphatic heterocycles. The molecule has 0 aromatic rings. The van der Waals surface area contributed by atoms with E-state index in [0.717, 1.165) is 17.3 Å². The molecule has 0 radical (unpaired) electrons. The van der Waals surface area contributed by atoms with Crippen molar-refractivity contribution in [3.8, 4) is 0 Å². The number of ether oxygens (including phenoxy) is 1. The van der Waals surface area contributed by atoms with Crippen LogP contribution in [0.25, 0.3) is 0 Å². The van der Waals surface area contributed by atoms with Crippen LogP contribution in [0, 0.1) is 5.92 Å². The summed E-state index contributed by atoms with van der Waals surface area (Å²) in [4.78, 5) is 0. The van der Waals surface area contributed by atoms with E-state index in [1.54, 1.807) is 0 Å². The molecule has 5 atom stereocenters. The molecule has 90 valence electrons. The van der Waals surface area contributed by atoms with Gasteiger partial charge in [0.05, 0.1) is 24.4 Å². The Bertz CT molecular complexity index is 192. The van der Waals surface area contributed by atoms with E-state index in [4.69, 9.17) is 4.74 Å². The van der Waals surface area contributed by atoms with Crippen molar-refractivity contribution in [2.24, 2.45) is 5.92 Å². The van der Waals surface area contributed by atoms with Crippen molar-refractivity contribution in [2.45, 2.75) is 44.2 Å². The van der Waals surface area contributed by atoms with Crippen molar-refractivity contribution >= 4 is 45.2 Å². The number of aliphatic hydroxyl groups is 2. The monoisotopic (exact) mass is 440 g/mol. The van der Waals surface area contributed by atoms with Crippen molar-refractivity contribution in [3.05, 3.63) is 0 Å². The maximum absolute atomic E-state index is 9.78. The molecule has 0 saturated carbocycles. The number of aliphatic hydroxyl groups excluding tert-OH is 2. The minimum atomic E-state index is -0.370. The first kappa shape index (κ1) is 14.4. The van der Waals surface area contributed by atoms with Gasteiger partial charge in [-0.25, -0.2) is 0 Å². The molecule has 0 amide bonds. The van der Waals surface area contributed by atoms with Crippen LogP contribution in [-0.4, -0.2) is 43.5 Å².